The molecule has 0 unspecified atom stereocenters. The van der Waals surface area contributed by atoms with E-state index in [9.17, 15) is 4.79 Å². The zero-order valence-corrected chi connectivity index (χ0v) is 19.7. The molecule has 1 aromatic heterocycles. The number of aryl methyl sites for hydroxylation is 1. The second-order valence-electron chi connectivity index (χ2n) is 8.08. The molecule has 7 heteroatoms. The average Bonchev–Trinajstić information content (AvgIpc) is 3.21. The predicted molar refractivity (Wildman–Crippen MR) is 130 cm³/mol. The molecule has 0 bridgehead atoms. The highest BCUT2D eigenvalue weighted by Crippen LogP contribution is 2.32. The number of nitrogens with zero attached hydrogens (tertiary/aromatic N) is 1. The number of ether oxygens (including phenoxy) is 2. The number of amides is 1. The summed E-state index contributed by atoms with van der Waals surface area (Å²) in [7, 11) is 1.56. The molecule has 0 aliphatic rings. The van der Waals surface area contributed by atoms with Crippen LogP contribution in [0.4, 0.5) is 5.69 Å². The van der Waals surface area contributed by atoms with Gasteiger partial charge in [0.15, 0.2) is 12.2 Å². The first-order chi connectivity index (χ1) is 15.8. The topological polar surface area (TPSA) is 73.6 Å². The Morgan fingerprint density at radius 1 is 1.09 bits per heavy atom. The normalized spacial score (nSPS) is 11.1. The number of hydrogen-bond acceptors (Lipinski definition) is 5. The minimum absolute atomic E-state index is 0.0877. The van der Waals surface area contributed by atoms with Gasteiger partial charge in [0.05, 0.1) is 12.1 Å². The van der Waals surface area contributed by atoms with Crippen molar-refractivity contribution in [2.24, 2.45) is 0 Å². The Kier molecular flexibility index (Phi) is 6.56. The van der Waals surface area contributed by atoms with Crippen molar-refractivity contribution in [3.05, 3.63) is 70.7 Å². The minimum Gasteiger partial charge on any atom is -0.495 e. The highest BCUT2D eigenvalue weighted by Gasteiger charge is 2.13. The number of oxazole rings is 1. The molecule has 0 radical (unpaired) electrons. The molecule has 170 valence electrons. The van der Waals surface area contributed by atoms with Crippen molar-refractivity contribution in [1.82, 2.24) is 4.98 Å². The Bertz CT molecular complexity index is 1310. The van der Waals surface area contributed by atoms with Crippen molar-refractivity contribution in [3.63, 3.8) is 0 Å². The molecule has 0 spiro atoms. The Hall–Kier alpha value is -3.51. The molecule has 4 rings (SSSR count). The maximum atomic E-state index is 12.5. The first-order valence-corrected chi connectivity index (χ1v) is 11.0. The van der Waals surface area contributed by atoms with Gasteiger partial charge in [-0.2, -0.15) is 0 Å². The quantitative estimate of drug-likeness (QED) is 0.333. The highest BCUT2D eigenvalue weighted by molar-refractivity contribution is 6.32. The predicted octanol–water partition coefficient (Wildman–Crippen LogP) is 6.61. The molecule has 3 aromatic carbocycles. The summed E-state index contributed by atoms with van der Waals surface area (Å²) >= 11 is 6.22. The van der Waals surface area contributed by atoms with Crippen LogP contribution in [0.25, 0.3) is 22.6 Å². The lowest BCUT2D eigenvalue weighted by molar-refractivity contribution is -0.118. The lowest BCUT2D eigenvalue weighted by Gasteiger charge is -2.14. The fraction of sp³-hybridized carbons (Fsp3) is 0.231. The van der Waals surface area contributed by atoms with Crippen LogP contribution in [0.2, 0.25) is 5.02 Å². The lowest BCUT2D eigenvalue weighted by atomic mass is 10.0. The van der Waals surface area contributed by atoms with Gasteiger partial charge in [0, 0.05) is 11.3 Å². The molecule has 1 N–H and O–H groups in total. The van der Waals surface area contributed by atoms with E-state index in [2.05, 4.69) is 24.1 Å². The minimum atomic E-state index is -0.254. The van der Waals surface area contributed by atoms with Crippen molar-refractivity contribution in [2.75, 3.05) is 19.0 Å². The van der Waals surface area contributed by atoms with E-state index in [0.717, 1.165) is 22.4 Å². The summed E-state index contributed by atoms with van der Waals surface area (Å²) in [6.45, 7) is 6.10. The molecular formula is C26H25ClN2O4. The van der Waals surface area contributed by atoms with Gasteiger partial charge in [-0.25, -0.2) is 4.98 Å². The van der Waals surface area contributed by atoms with Crippen molar-refractivity contribution in [3.8, 4) is 23.0 Å². The van der Waals surface area contributed by atoms with Crippen LogP contribution >= 0.6 is 11.6 Å². The molecule has 6 nitrogen and oxygen atoms in total. The molecule has 4 aromatic rings. The molecule has 33 heavy (non-hydrogen) atoms. The standard InChI is InChI=1S/C26H25ClN2O4/c1-15(2)19-8-5-16(3)11-24(19)32-14-25(30)28-18-7-10-23-21(13-18)29-26(33-23)17-6-9-22(31-4)20(27)12-17/h5-13,15H,14H2,1-4H3,(H,28,30). The largest absolute Gasteiger partial charge is 0.495 e. The maximum Gasteiger partial charge on any atom is 0.262 e. The summed E-state index contributed by atoms with van der Waals surface area (Å²) in [5.41, 5.74) is 4.72. The summed E-state index contributed by atoms with van der Waals surface area (Å²) in [6.07, 6.45) is 0. The third-order valence-corrected chi connectivity index (χ3v) is 5.52. The second-order valence-corrected chi connectivity index (χ2v) is 8.49. The van der Waals surface area contributed by atoms with E-state index in [0.29, 0.717) is 39.4 Å². The number of benzene rings is 3. The SMILES string of the molecule is COc1ccc(-c2nc3cc(NC(=O)COc4cc(C)ccc4C(C)C)ccc3o2)cc1Cl. The van der Waals surface area contributed by atoms with Crippen molar-refractivity contribution in [2.45, 2.75) is 26.7 Å². The number of rotatable bonds is 7. The summed E-state index contributed by atoms with van der Waals surface area (Å²) in [5.74, 6) is 1.79. The Labute approximate surface area is 197 Å². The van der Waals surface area contributed by atoms with E-state index in [4.69, 9.17) is 25.5 Å². The van der Waals surface area contributed by atoms with Gasteiger partial charge in [-0.3, -0.25) is 4.79 Å². The smallest absolute Gasteiger partial charge is 0.262 e. The molecule has 0 aliphatic carbocycles. The van der Waals surface area contributed by atoms with E-state index in [1.165, 1.54) is 0 Å². The van der Waals surface area contributed by atoms with Gasteiger partial charge in [-0.1, -0.05) is 37.6 Å². The number of nitrogens with one attached hydrogen (secondary N) is 1. The fourth-order valence-electron chi connectivity index (χ4n) is 3.51. The van der Waals surface area contributed by atoms with E-state index >= 15 is 0 Å². The van der Waals surface area contributed by atoms with Crippen LogP contribution in [0.5, 0.6) is 11.5 Å². The number of fused-ring (bicyclic) bond motifs is 1. The third kappa shape index (κ3) is 5.12. The van der Waals surface area contributed by atoms with Crippen molar-refractivity contribution in [1.29, 1.82) is 0 Å². The van der Waals surface area contributed by atoms with Gasteiger partial charge < -0.3 is 19.2 Å². The Balaban J connectivity index is 1.47. The van der Waals surface area contributed by atoms with Crippen LogP contribution in [-0.2, 0) is 4.79 Å². The number of carbonyl (C=O) groups excluding carboxylic acids is 1. The van der Waals surface area contributed by atoms with Crippen molar-refractivity contribution >= 4 is 34.3 Å². The third-order valence-electron chi connectivity index (χ3n) is 5.22. The van der Waals surface area contributed by atoms with Gasteiger partial charge in [-0.05, 0) is 66.4 Å². The maximum absolute atomic E-state index is 12.5. The fourth-order valence-corrected chi connectivity index (χ4v) is 3.77. The second kappa shape index (κ2) is 9.55. The van der Waals surface area contributed by atoms with Gasteiger partial charge in [-0.15, -0.1) is 0 Å². The van der Waals surface area contributed by atoms with Gasteiger partial charge in [0.2, 0.25) is 5.89 Å². The summed E-state index contributed by atoms with van der Waals surface area (Å²) in [6, 6.07) is 16.7. The molecule has 1 heterocycles. The molecule has 0 saturated heterocycles. The van der Waals surface area contributed by atoms with Crippen LogP contribution in [0, 0.1) is 6.92 Å². The first kappa shape index (κ1) is 22.7. The zero-order valence-electron chi connectivity index (χ0n) is 18.9. The molecule has 0 fully saturated rings. The van der Waals surface area contributed by atoms with Gasteiger partial charge >= 0.3 is 0 Å². The number of aromatic nitrogens is 1. The first-order valence-electron chi connectivity index (χ1n) is 10.6. The molecular weight excluding hydrogens is 440 g/mol. The van der Waals surface area contributed by atoms with Crippen LogP contribution in [0.3, 0.4) is 0 Å². The van der Waals surface area contributed by atoms with Crippen LogP contribution in [-0.4, -0.2) is 24.6 Å². The number of hydrogen-bond donors (Lipinski definition) is 1. The van der Waals surface area contributed by atoms with Crippen LogP contribution in [0.15, 0.2) is 59.0 Å². The number of carbonyl (C=O) groups is 1. The molecule has 0 aliphatic heterocycles. The van der Waals surface area contributed by atoms with Crippen molar-refractivity contribution < 1.29 is 18.7 Å². The summed E-state index contributed by atoms with van der Waals surface area (Å²) in [4.78, 5) is 17.0. The number of halogens is 1. The molecule has 0 saturated carbocycles. The summed E-state index contributed by atoms with van der Waals surface area (Å²) in [5, 5.41) is 3.33. The monoisotopic (exact) mass is 464 g/mol. The van der Waals surface area contributed by atoms with Crippen LogP contribution < -0.4 is 14.8 Å². The summed E-state index contributed by atoms with van der Waals surface area (Å²) < 4.78 is 16.9. The molecule has 1 amide bonds. The highest BCUT2D eigenvalue weighted by atomic mass is 35.5. The lowest BCUT2D eigenvalue weighted by Crippen LogP contribution is -2.20. The number of methoxy groups -OCH3 is 1. The number of anilines is 1. The average molecular weight is 465 g/mol. The Morgan fingerprint density at radius 2 is 1.91 bits per heavy atom. The Morgan fingerprint density at radius 3 is 2.64 bits per heavy atom. The van der Waals surface area contributed by atoms with E-state index < -0.39 is 0 Å². The zero-order chi connectivity index (χ0) is 23.5. The van der Waals surface area contributed by atoms with Gasteiger partial charge in [0.1, 0.15) is 17.0 Å². The van der Waals surface area contributed by atoms with Crippen LogP contribution in [0.1, 0.15) is 30.9 Å². The van der Waals surface area contributed by atoms with E-state index in [1.54, 1.807) is 37.4 Å². The van der Waals surface area contributed by atoms with Gasteiger partial charge in [0.25, 0.3) is 5.91 Å². The van der Waals surface area contributed by atoms with E-state index in [-0.39, 0.29) is 12.5 Å². The molecule has 0 atom stereocenters. The van der Waals surface area contributed by atoms with E-state index in [1.807, 2.05) is 31.2 Å².